The molecule has 0 fully saturated rings. The van der Waals surface area contributed by atoms with Crippen LogP contribution in [0.15, 0.2) is 24.3 Å². The number of unbranched alkanes of at least 4 members (excludes halogenated alkanes) is 2. The van der Waals surface area contributed by atoms with Gasteiger partial charge in [-0.1, -0.05) is 38.0 Å². The number of aliphatic carboxylic acids is 1. The molecule has 3 heteroatoms. The number of allylic oxidation sites excluding steroid dienone is 4. The van der Waals surface area contributed by atoms with Crippen LogP contribution in [-0.4, -0.2) is 16.9 Å². The maximum atomic E-state index is 11.8. The first-order valence-corrected chi connectivity index (χ1v) is 7.24. The number of hydrogen-bond acceptors (Lipinski definition) is 2. The summed E-state index contributed by atoms with van der Waals surface area (Å²) < 4.78 is 0. The molecule has 0 radical (unpaired) electrons. The fourth-order valence-corrected chi connectivity index (χ4v) is 2.45. The second-order valence-corrected chi connectivity index (χ2v) is 5.17. The molecular formula is C16H24O3. The van der Waals surface area contributed by atoms with Crippen LogP contribution in [-0.2, 0) is 9.59 Å². The maximum Gasteiger partial charge on any atom is 0.303 e. The molecule has 0 aliphatic heterocycles. The summed E-state index contributed by atoms with van der Waals surface area (Å²) in [7, 11) is 0. The van der Waals surface area contributed by atoms with Gasteiger partial charge in [-0.15, -0.1) is 0 Å². The molecule has 0 saturated carbocycles. The Kier molecular flexibility index (Phi) is 7.16. The van der Waals surface area contributed by atoms with E-state index in [2.05, 4.69) is 13.0 Å². The molecule has 0 heterocycles. The molecule has 0 aromatic rings. The van der Waals surface area contributed by atoms with Gasteiger partial charge < -0.3 is 5.11 Å². The molecular weight excluding hydrogens is 240 g/mol. The van der Waals surface area contributed by atoms with Crippen molar-refractivity contribution in [3.63, 3.8) is 0 Å². The van der Waals surface area contributed by atoms with Crippen LogP contribution in [0, 0.1) is 11.8 Å². The number of carboxylic acid groups (broad SMARTS) is 1. The van der Waals surface area contributed by atoms with E-state index in [-0.39, 0.29) is 18.1 Å². The highest BCUT2D eigenvalue weighted by molar-refractivity contribution is 5.94. The molecule has 0 aromatic heterocycles. The second-order valence-electron chi connectivity index (χ2n) is 5.17. The summed E-state index contributed by atoms with van der Waals surface area (Å²) in [5, 5.41) is 8.52. The van der Waals surface area contributed by atoms with Crippen LogP contribution in [0.25, 0.3) is 0 Å². The van der Waals surface area contributed by atoms with Gasteiger partial charge in [0.25, 0.3) is 0 Å². The van der Waals surface area contributed by atoms with E-state index in [4.69, 9.17) is 5.11 Å². The molecule has 0 saturated heterocycles. The first-order valence-electron chi connectivity index (χ1n) is 7.24. The standard InChI is InChI=1S/C16H24O3/c1-2-3-8-13-11-12-15(17)14(13)9-6-4-5-7-10-16(18)19/h4,6,11-14H,2-3,5,7-10H2,1H3,(H,18,19)/b6-4-/t13-,14+/m0/s1. The van der Waals surface area contributed by atoms with E-state index < -0.39 is 5.97 Å². The fraction of sp³-hybridized carbons (Fsp3) is 0.625. The minimum absolute atomic E-state index is 0.113. The molecule has 3 nitrogen and oxygen atoms in total. The first-order chi connectivity index (χ1) is 9.15. The van der Waals surface area contributed by atoms with Crippen LogP contribution in [0.2, 0.25) is 0 Å². The van der Waals surface area contributed by atoms with Crippen LogP contribution in [0.3, 0.4) is 0 Å². The molecule has 0 unspecified atom stereocenters. The van der Waals surface area contributed by atoms with E-state index in [1.54, 1.807) is 6.08 Å². The zero-order valence-corrected chi connectivity index (χ0v) is 11.7. The van der Waals surface area contributed by atoms with Crippen molar-refractivity contribution in [2.45, 2.75) is 51.9 Å². The van der Waals surface area contributed by atoms with Crippen LogP contribution in [0.1, 0.15) is 51.9 Å². The highest BCUT2D eigenvalue weighted by atomic mass is 16.4. The number of rotatable bonds is 9. The molecule has 1 aliphatic rings. The van der Waals surface area contributed by atoms with Gasteiger partial charge in [0.1, 0.15) is 0 Å². The van der Waals surface area contributed by atoms with E-state index in [0.29, 0.717) is 12.3 Å². The lowest BCUT2D eigenvalue weighted by Crippen LogP contribution is -2.15. The maximum absolute atomic E-state index is 11.8. The molecule has 0 amide bonds. The summed E-state index contributed by atoms with van der Waals surface area (Å²) in [6, 6.07) is 0. The molecule has 0 aromatic carbocycles. The minimum atomic E-state index is -0.747. The Bertz CT molecular complexity index is 355. The van der Waals surface area contributed by atoms with Crippen LogP contribution in [0.4, 0.5) is 0 Å². The lowest BCUT2D eigenvalue weighted by atomic mass is 9.87. The van der Waals surface area contributed by atoms with Gasteiger partial charge in [-0.05, 0) is 37.7 Å². The molecule has 1 rings (SSSR count). The summed E-state index contributed by atoms with van der Waals surface area (Å²) in [6.07, 6.45) is 13.7. The zero-order chi connectivity index (χ0) is 14.1. The first kappa shape index (κ1) is 15.7. The number of ketones is 1. The van der Waals surface area contributed by atoms with Gasteiger partial charge >= 0.3 is 5.97 Å². The highest BCUT2D eigenvalue weighted by Gasteiger charge is 2.28. The van der Waals surface area contributed by atoms with E-state index in [0.717, 1.165) is 25.7 Å². The van der Waals surface area contributed by atoms with E-state index in [1.165, 1.54) is 6.42 Å². The van der Waals surface area contributed by atoms with Crippen LogP contribution in [0.5, 0.6) is 0 Å². The van der Waals surface area contributed by atoms with E-state index in [1.807, 2.05) is 12.2 Å². The lowest BCUT2D eigenvalue weighted by molar-refractivity contribution is -0.137. The summed E-state index contributed by atoms with van der Waals surface area (Å²) in [5.74, 6) is 0.0119. The zero-order valence-electron chi connectivity index (χ0n) is 11.7. The van der Waals surface area contributed by atoms with Crippen LogP contribution < -0.4 is 0 Å². The normalized spacial score (nSPS) is 22.5. The molecule has 19 heavy (non-hydrogen) atoms. The van der Waals surface area contributed by atoms with E-state index >= 15 is 0 Å². The van der Waals surface area contributed by atoms with Crippen molar-refractivity contribution in [3.8, 4) is 0 Å². The second kappa shape index (κ2) is 8.68. The minimum Gasteiger partial charge on any atom is -0.481 e. The average Bonchev–Trinajstić information content (AvgIpc) is 2.72. The Labute approximate surface area is 115 Å². The van der Waals surface area contributed by atoms with Crippen molar-refractivity contribution in [3.05, 3.63) is 24.3 Å². The van der Waals surface area contributed by atoms with Crippen molar-refractivity contribution in [2.75, 3.05) is 0 Å². The van der Waals surface area contributed by atoms with Crippen molar-refractivity contribution >= 4 is 11.8 Å². The highest BCUT2D eigenvalue weighted by Crippen LogP contribution is 2.30. The van der Waals surface area contributed by atoms with Crippen LogP contribution >= 0.6 is 0 Å². The summed E-state index contributed by atoms with van der Waals surface area (Å²) in [4.78, 5) is 22.1. The monoisotopic (exact) mass is 264 g/mol. The van der Waals surface area contributed by atoms with Crippen molar-refractivity contribution in [1.29, 1.82) is 0 Å². The van der Waals surface area contributed by atoms with Gasteiger partial charge in [0, 0.05) is 12.3 Å². The Morgan fingerprint density at radius 3 is 2.84 bits per heavy atom. The van der Waals surface area contributed by atoms with Crippen molar-refractivity contribution < 1.29 is 14.7 Å². The van der Waals surface area contributed by atoms with Gasteiger partial charge in [-0.2, -0.15) is 0 Å². The quantitative estimate of drug-likeness (QED) is 0.509. The Hall–Kier alpha value is -1.38. The third-order valence-electron chi connectivity index (χ3n) is 3.60. The van der Waals surface area contributed by atoms with E-state index in [9.17, 15) is 9.59 Å². The Balaban J connectivity index is 2.27. The number of carbonyl (C=O) groups is 2. The smallest absolute Gasteiger partial charge is 0.303 e. The van der Waals surface area contributed by atoms with Gasteiger partial charge in [-0.25, -0.2) is 0 Å². The molecule has 1 N–H and O–H groups in total. The largest absolute Gasteiger partial charge is 0.481 e. The number of hydrogen-bond donors (Lipinski definition) is 1. The summed E-state index contributed by atoms with van der Waals surface area (Å²) in [5.41, 5.74) is 0. The summed E-state index contributed by atoms with van der Waals surface area (Å²) in [6.45, 7) is 2.16. The lowest BCUT2D eigenvalue weighted by Gasteiger charge is -2.15. The SMILES string of the molecule is CCCC[C@H]1C=CC(=O)[C@@H]1C/C=C\CCCC(=O)O. The predicted octanol–water partition coefficient (Wildman–Crippen LogP) is 3.75. The third kappa shape index (κ3) is 5.86. The average molecular weight is 264 g/mol. The third-order valence-corrected chi connectivity index (χ3v) is 3.60. The molecule has 2 atom stereocenters. The van der Waals surface area contributed by atoms with Gasteiger partial charge in [-0.3, -0.25) is 9.59 Å². The molecule has 0 spiro atoms. The van der Waals surface area contributed by atoms with Gasteiger partial charge in [0.15, 0.2) is 5.78 Å². The molecule has 0 bridgehead atoms. The fourth-order valence-electron chi connectivity index (χ4n) is 2.45. The number of carbonyl (C=O) groups excluding carboxylic acids is 1. The van der Waals surface area contributed by atoms with Gasteiger partial charge in [0.05, 0.1) is 0 Å². The van der Waals surface area contributed by atoms with Crippen molar-refractivity contribution in [2.24, 2.45) is 11.8 Å². The van der Waals surface area contributed by atoms with Gasteiger partial charge in [0.2, 0.25) is 0 Å². The molecule has 106 valence electrons. The predicted molar refractivity (Wildman–Crippen MR) is 75.9 cm³/mol. The Morgan fingerprint density at radius 1 is 1.37 bits per heavy atom. The number of carboxylic acids is 1. The van der Waals surface area contributed by atoms with Crippen molar-refractivity contribution in [1.82, 2.24) is 0 Å². The Morgan fingerprint density at radius 2 is 2.16 bits per heavy atom. The topological polar surface area (TPSA) is 54.4 Å². The molecule has 1 aliphatic carbocycles. The summed E-state index contributed by atoms with van der Waals surface area (Å²) >= 11 is 0.